The Bertz CT molecular complexity index is 1090. The molecule has 8 nitrogen and oxygen atoms in total. The van der Waals surface area contributed by atoms with E-state index in [0.717, 1.165) is 42.9 Å². The van der Waals surface area contributed by atoms with Crippen LogP contribution in [0.25, 0.3) is 0 Å². The number of amides is 2. The molecule has 3 N–H and O–H groups in total. The number of piperidine rings is 2. The minimum Gasteiger partial charge on any atom is -0.371 e. The number of carbonyl (C=O) groups is 2. The van der Waals surface area contributed by atoms with E-state index in [1.54, 1.807) is 0 Å². The highest BCUT2D eigenvalue weighted by Gasteiger charge is 2.31. The van der Waals surface area contributed by atoms with Crippen molar-refractivity contribution in [3.8, 4) is 0 Å². The number of hydrogen-bond acceptors (Lipinski definition) is 5. The van der Waals surface area contributed by atoms with Gasteiger partial charge in [-0.2, -0.15) is 0 Å². The summed E-state index contributed by atoms with van der Waals surface area (Å²) in [5.41, 5.74) is 7.95. The second-order valence-electron chi connectivity index (χ2n) is 9.11. The summed E-state index contributed by atoms with van der Waals surface area (Å²) in [5.74, 6) is -0.574. The number of hydrogen-bond donors (Lipinski definition) is 2. The maximum absolute atomic E-state index is 12.8. The number of nitrogens with two attached hydrogens (primary N) is 1. The highest BCUT2D eigenvalue weighted by molar-refractivity contribution is 7.88. The molecule has 0 radical (unpaired) electrons. The molecular formula is C25H32N4O4S. The molecular weight excluding hydrogens is 452 g/mol. The van der Waals surface area contributed by atoms with Crippen LogP contribution in [0.4, 0.5) is 11.4 Å². The zero-order valence-electron chi connectivity index (χ0n) is 19.2. The standard InChI is InChI=1S/C25H32N4O4S/c26-24(30)20-10-14-28(15-11-20)23-8-6-22(7-9-23)27-25(31)21-12-16-29(17-13-21)34(32,33)18-19-4-2-1-3-5-19/h1-9,20-21H,10-18H2,(H2,26,30)(H,27,31). The second kappa shape index (κ2) is 10.6. The molecule has 0 spiro atoms. The predicted molar refractivity (Wildman–Crippen MR) is 133 cm³/mol. The lowest BCUT2D eigenvalue weighted by molar-refractivity contribution is -0.122. The first-order valence-electron chi connectivity index (χ1n) is 11.8. The van der Waals surface area contributed by atoms with Gasteiger partial charge >= 0.3 is 0 Å². The number of carbonyl (C=O) groups excluding carboxylic acids is 2. The summed E-state index contributed by atoms with van der Waals surface area (Å²) >= 11 is 0. The van der Waals surface area contributed by atoms with E-state index in [9.17, 15) is 18.0 Å². The van der Waals surface area contributed by atoms with Crippen molar-refractivity contribution in [3.63, 3.8) is 0 Å². The van der Waals surface area contributed by atoms with E-state index in [1.807, 2.05) is 54.6 Å². The van der Waals surface area contributed by atoms with Gasteiger partial charge in [-0.1, -0.05) is 30.3 Å². The molecule has 2 aromatic rings. The van der Waals surface area contributed by atoms with Gasteiger partial charge in [0, 0.05) is 49.4 Å². The first-order chi connectivity index (χ1) is 16.3. The van der Waals surface area contributed by atoms with Gasteiger partial charge in [-0.25, -0.2) is 12.7 Å². The molecule has 2 aliphatic rings. The van der Waals surface area contributed by atoms with Gasteiger partial charge in [-0.15, -0.1) is 0 Å². The van der Waals surface area contributed by atoms with E-state index in [2.05, 4.69) is 10.2 Å². The van der Waals surface area contributed by atoms with Gasteiger partial charge in [0.1, 0.15) is 0 Å². The Balaban J connectivity index is 1.26. The van der Waals surface area contributed by atoms with Gasteiger partial charge in [-0.05, 0) is 55.5 Å². The molecule has 2 saturated heterocycles. The highest BCUT2D eigenvalue weighted by Crippen LogP contribution is 2.26. The Morgan fingerprint density at radius 2 is 1.44 bits per heavy atom. The normalized spacial score (nSPS) is 18.5. The first-order valence-corrected chi connectivity index (χ1v) is 13.4. The SMILES string of the molecule is NC(=O)C1CCN(c2ccc(NC(=O)C3CCN(S(=O)(=O)Cc4ccccc4)CC3)cc2)CC1. The summed E-state index contributed by atoms with van der Waals surface area (Å²) in [6.07, 6.45) is 2.53. The van der Waals surface area contributed by atoms with Crippen LogP contribution in [0.1, 0.15) is 31.2 Å². The monoisotopic (exact) mass is 484 g/mol. The smallest absolute Gasteiger partial charge is 0.227 e. The van der Waals surface area contributed by atoms with Gasteiger partial charge in [0.05, 0.1) is 5.75 Å². The Morgan fingerprint density at radius 1 is 0.853 bits per heavy atom. The van der Waals surface area contributed by atoms with E-state index < -0.39 is 10.0 Å². The van der Waals surface area contributed by atoms with Crippen LogP contribution in [0.2, 0.25) is 0 Å². The summed E-state index contributed by atoms with van der Waals surface area (Å²) in [6.45, 7) is 2.27. The first kappa shape index (κ1) is 24.2. The minimum atomic E-state index is -3.40. The minimum absolute atomic E-state index is 0.0166. The molecule has 0 atom stereocenters. The Labute approximate surface area is 201 Å². The van der Waals surface area contributed by atoms with Crippen molar-refractivity contribution in [3.05, 3.63) is 60.2 Å². The number of benzene rings is 2. The van der Waals surface area contributed by atoms with Gasteiger partial charge in [0.25, 0.3) is 0 Å². The lowest BCUT2D eigenvalue weighted by Gasteiger charge is -2.32. The second-order valence-corrected chi connectivity index (χ2v) is 11.1. The summed E-state index contributed by atoms with van der Waals surface area (Å²) in [6, 6.07) is 16.9. The van der Waals surface area contributed by atoms with Crippen LogP contribution >= 0.6 is 0 Å². The molecule has 2 amide bonds. The van der Waals surface area contributed by atoms with Crippen molar-refractivity contribution in [2.75, 3.05) is 36.4 Å². The van der Waals surface area contributed by atoms with Gasteiger partial charge < -0.3 is 16.0 Å². The van der Waals surface area contributed by atoms with Crippen molar-refractivity contribution >= 4 is 33.2 Å². The van der Waals surface area contributed by atoms with E-state index in [0.29, 0.717) is 25.9 Å². The van der Waals surface area contributed by atoms with Crippen molar-refractivity contribution < 1.29 is 18.0 Å². The molecule has 4 rings (SSSR count). The number of rotatable bonds is 7. The van der Waals surface area contributed by atoms with Gasteiger partial charge in [0.15, 0.2) is 0 Å². The van der Waals surface area contributed by atoms with Crippen molar-refractivity contribution in [2.45, 2.75) is 31.4 Å². The fourth-order valence-corrected chi connectivity index (χ4v) is 6.26. The molecule has 9 heteroatoms. The van der Waals surface area contributed by atoms with Crippen LogP contribution in [0.15, 0.2) is 54.6 Å². The van der Waals surface area contributed by atoms with Crippen LogP contribution in [0.5, 0.6) is 0 Å². The van der Waals surface area contributed by atoms with Crippen LogP contribution in [-0.2, 0) is 25.4 Å². The molecule has 2 fully saturated rings. The molecule has 34 heavy (non-hydrogen) atoms. The van der Waals surface area contributed by atoms with Crippen molar-refractivity contribution in [1.29, 1.82) is 0 Å². The Hall–Kier alpha value is -2.91. The zero-order valence-corrected chi connectivity index (χ0v) is 20.0. The van der Waals surface area contributed by atoms with Gasteiger partial charge in [-0.3, -0.25) is 9.59 Å². The van der Waals surface area contributed by atoms with Crippen molar-refractivity contribution in [1.82, 2.24) is 4.31 Å². The number of nitrogens with one attached hydrogen (secondary N) is 1. The Kier molecular flexibility index (Phi) is 7.53. The van der Waals surface area contributed by atoms with E-state index in [1.165, 1.54) is 4.31 Å². The maximum Gasteiger partial charge on any atom is 0.227 e. The van der Waals surface area contributed by atoms with Gasteiger partial charge in [0.2, 0.25) is 21.8 Å². The average molecular weight is 485 g/mol. The molecule has 2 aliphatic heterocycles. The molecule has 0 saturated carbocycles. The fourth-order valence-electron chi connectivity index (χ4n) is 4.69. The van der Waals surface area contributed by atoms with E-state index >= 15 is 0 Å². The largest absolute Gasteiger partial charge is 0.371 e. The topological polar surface area (TPSA) is 113 Å². The maximum atomic E-state index is 12.8. The third-order valence-corrected chi connectivity index (χ3v) is 8.66. The molecule has 0 bridgehead atoms. The Morgan fingerprint density at radius 3 is 2.03 bits per heavy atom. The highest BCUT2D eigenvalue weighted by atomic mass is 32.2. The predicted octanol–water partition coefficient (Wildman–Crippen LogP) is 2.57. The summed E-state index contributed by atoms with van der Waals surface area (Å²) in [4.78, 5) is 26.3. The number of primary amides is 1. The number of sulfonamides is 1. The third-order valence-electron chi connectivity index (χ3n) is 6.81. The quantitative estimate of drug-likeness (QED) is 0.627. The summed E-state index contributed by atoms with van der Waals surface area (Å²) < 4.78 is 27.0. The number of anilines is 2. The van der Waals surface area contributed by atoms with Crippen LogP contribution in [-0.4, -0.2) is 50.7 Å². The lowest BCUT2D eigenvalue weighted by atomic mass is 9.96. The van der Waals surface area contributed by atoms with E-state index in [4.69, 9.17) is 5.73 Å². The summed E-state index contributed by atoms with van der Waals surface area (Å²) in [5, 5.41) is 2.97. The molecule has 0 aliphatic carbocycles. The van der Waals surface area contributed by atoms with Crippen molar-refractivity contribution in [2.24, 2.45) is 17.6 Å². The van der Waals surface area contributed by atoms with E-state index in [-0.39, 0.29) is 29.4 Å². The molecule has 0 aromatic heterocycles. The zero-order chi connectivity index (χ0) is 24.1. The number of nitrogens with zero attached hydrogens (tertiary/aromatic N) is 2. The average Bonchev–Trinajstić information content (AvgIpc) is 2.85. The molecule has 2 aromatic carbocycles. The molecule has 182 valence electrons. The van der Waals surface area contributed by atoms with Crippen LogP contribution < -0.4 is 16.0 Å². The fraction of sp³-hybridized carbons (Fsp3) is 0.440. The van der Waals surface area contributed by atoms with Crippen LogP contribution in [0.3, 0.4) is 0 Å². The van der Waals surface area contributed by atoms with Crippen LogP contribution in [0, 0.1) is 11.8 Å². The lowest BCUT2D eigenvalue weighted by Crippen LogP contribution is -2.41. The molecule has 0 unspecified atom stereocenters. The summed E-state index contributed by atoms with van der Waals surface area (Å²) in [7, 11) is -3.40. The third kappa shape index (κ3) is 5.95. The molecule has 2 heterocycles.